The first-order valence-electron chi connectivity index (χ1n) is 8.16. The van der Waals surface area contributed by atoms with Crippen LogP contribution in [-0.4, -0.2) is 56.6 Å². The maximum Gasteiger partial charge on any atom is 0.416 e. The summed E-state index contributed by atoms with van der Waals surface area (Å²) in [6, 6.07) is 2.47. The number of anilines is 1. The number of aliphatic hydroxyl groups is 1. The fraction of sp³-hybridized carbons (Fsp3) is 0.588. The predicted octanol–water partition coefficient (Wildman–Crippen LogP) is 2.97. The van der Waals surface area contributed by atoms with Crippen LogP contribution in [0.4, 0.5) is 23.7 Å². The van der Waals surface area contributed by atoms with Crippen LogP contribution in [0.15, 0.2) is 18.2 Å². The Labute approximate surface area is 149 Å². The number of benzene rings is 1. The predicted molar refractivity (Wildman–Crippen MR) is 89.2 cm³/mol. The molecule has 2 rings (SSSR count). The summed E-state index contributed by atoms with van der Waals surface area (Å²) in [7, 11) is 2.79. The molecule has 1 aliphatic rings. The number of urea groups is 1. The minimum Gasteiger partial charge on any atom is -0.497 e. The molecule has 1 saturated heterocycles. The topological polar surface area (TPSA) is 71.0 Å². The number of alkyl halides is 3. The molecule has 0 radical (unpaired) electrons. The monoisotopic (exact) mass is 376 g/mol. The van der Waals surface area contributed by atoms with E-state index in [0.717, 1.165) is 12.1 Å². The third-order valence-corrected chi connectivity index (χ3v) is 4.53. The molecule has 1 heterocycles. The highest BCUT2D eigenvalue weighted by Crippen LogP contribution is 2.34. The van der Waals surface area contributed by atoms with Gasteiger partial charge in [0.1, 0.15) is 5.75 Å². The molecule has 1 fully saturated rings. The summed E-state index contributed by atoms with van der Waals surface area (Å²) >= 11 is 0. The first kappa shape index (κ1) is 20.3. The quantitative estimate of drug-likeness (QED) is 0.829. The van der Waals surface area contributed by atoms with Crippen LogP contribution in [0.3, 0.4) is 0 Å². The van der Waals surface area contributed by atoms with Gasteiger partial charge in [-0.3, -0.25) is 0 Å². The van der Waals surface area contributed by atoms with Crippen molar-refractivity contribution in [2.45, 2.75) is 19.0 Å². The van der Waals surface area contributed by atoms with Gasteiger partial charge in [-0.15, -0.1) is 0 Å². The van der Waals surface area contributed by atoms with Crippen molar-refractivity contribution < 1.29 is 32.5 Å². The standard InChI is InChI=1S/C17H23F3N2O4/c1-22(10-16(11-23)3-5-26-6-4-16)15(24)21-13-7-12(17(18,19)20)8-14(9-13)25-2/h7-9,23H,3-6,10-11H2,1-2H3,(H,21,24). The first-order chi connectivity index (χ1) is 12.2. The summed E-state index contributed by atoms with van der Waals surface area (Å²) in [4.78, 5) is 13.7. The molecule has 0 aliphatic carbocycles. The van der Waals surface area contributed by atoms with Crippen molar-refractivity contribution in [3.8, 4) is 5.75 Å². The van der Waals surface area contributed by atoms with Crippen molar-refractivity contribution in [2.24, 2.45) is 5.41 Å². The Morgan fingerprint density at radius 2 is 2.00 bits per heavy atom. The number of amides is 2. The van der Waals surface area contributed by atoms with E-state index < -0.39 is 23.2 Å². The molecule has 26 heavy (non-hydrogen) atoms. The average Bonchev–Trinajstić information content (AvgIpc) is 2.61. The zero-order valence-electron chi connectivity index (χ0n) is 14.7. The third kappa shape index (κ3) is 5.01. The smallest absolute Gasteiger partial charge is 0.416 e. The lowest BCUT2D eigenvalue weighted by Gasteiger charge is -2.38. The Morgan fingerprint density at radius 1 is 1.35 bits per heavy atom. The molecule has 0 atom stereocenters. The first-order valence-corrected chi connectivity index (χ1v) is 8.16. The van der Waals surface area contributed by atoms with Gasteiger partial charge in [0.25, 0.3) is 0 Å². The van der Waals surface area contributed by atoms with Crippen molar-refractivity contribution in [3.05, 3.63) is 23.8 Å². The number of ether oxygens (including phenoxy) is 2. The fourth-order valence-electron chi connectivity index (χ4n) is 2.92. The van der Waals surface area contributed by atoms with Gasteiger partial charge >= 0.3 is 12.2 Å². The third-order valence-electron chi connectivity index (χ3n) is 4.53. The zero-order chi connectivity index (χ0) is 19.4. The molecule has 2 N–H and O–H groups in total. The van der Waals surface area contributed by atoms with E-state index in [2.05, 4.69) is 5.32 Å². The number of aliphatic hydroxyl groups excluding tert-OH is 1. The van der Waals surface area contributed by atoms with Gasteiger partial charge in [-0.2, -0.15) is 13.2 Å². The maximum atomic E-state index is 13.0. The van der Waals surface area contributed by atoms with Crippen molar-refractivity contribution >= 4 is 11.7 Å². The van der Waals surface area contributed by atoms with Gasteiger partial charge in [0.05, 0.1) is 19.3 Å². The number of halogens is 3. The molecule has 0 bridgehead atoms. The second-order valence-corrected chi connectivity index (χ2v) is 6.50. The van der Waals surface area contributed by atoms with Gasteiger partial charge in [0.15, 0.2) is 0 Å². The highest BCUT2D eigenvalue weighted by Gasteiger charge is 2.35. The van der Waals surface area contributed by atoms with Crippen molar-refractivity contribution in [2.75, 3.05) is 45.8 Å². The van der Waals surface area contributed by atoms with Gasteiger partial charge in [-0.25, -0.2) is 4.79 Å². The Kier molecular flexibility index (Phi) is 6.35. The lowest BCUT2D eigenvalue weighted by atomic mass is 9.80. The van der Waals surface area contributed by atoms with Gasteiger partial charge in [0.2, 0.25) is 0 Å². The van der Waals surface area contributed by atoms with Crippen LogP contribution in [-0.2, 0) is 10.9 Å². The zero-order valence-corrected chi connectivity index (χ0v) is 14.7. The number of rotatable bonds is 5. The summed E-state index contributed by atoms with van der Waals surface area (Å²) in [5, 5.41) is 12.2. The van der Waals surface area contributed by atoms with Gasteiger partial charge in [-0.1, -0.05) is 0 Å². The second-order valence-electron chi connectivity index (χ2n) is 6.50. The molecule has 6 nitrogen and oxygen atoms in total. The highest BCUT2D eigenvalue weighted by molar-refractivity contribution is 5.89. The molecule has 0 aromatic heterocycles. The molecule has 9 heteroatoms. The second kappa shape index (κ2) is 8.13. The molecule has 0 spiro atoms. The lowest BCUT2D eigenvalue weighted by Crippen LogP contribution is -2.45. The number of nitrogens with zero attached hydrogens (tertiary/aromatic N) is 1. The molecular formula is C17H23F3N2O4. The Bertz CT molecular complexity index is 631. The van der Waals surface area contributed by atoms with E-state index in [4.69, 9.17) is 9.47 Å². The van der Waals surface area contributed by atoms with E-state index >= 15 is 0 Å². The van der Waals surface area contributed by atoms with E-state index in [9.17, 15) is 23.1 Å². The van der Waals surface area contributed by atoms with Crippen LogP contribution >= 0.6 is 0 Å². The maximum absolute atomic E-state index is 13.0. The molecule has 1 aromatic carbocycles. The number of nitrogens with one attached hydrogen (secondary N) is 1. The van der Waals surface area contributed by atoms with Crippen LogP contribution in [0.5, 0.6) is 5.75 Å². The van der Waals surface area contributed by atoms with Crippen molar-refractivity contribution in [3.63, 3.8) is 0 Å². The number of hydrogen-bond acceptors (Lipinski definition) is 4. The average molecular weight is 376 g/mol. The van der Waals surface area contributed by atoms with Crippen LogP contribution in [0.1, 0.15) is 18.4 Å². The van der Waals surface area contributed by atoms with E-state index in [1.165, 1.54) is 25.1 Å². The van der Waals surface area contributed by atoms with E-state index in [1.54, 1.807) is 0 Å². The van der Waals surface area contributed by atoms with E-state index in [-0.39, 0.29) is 24.6 Å². The number of carbonyl (C=O) groups is 1. The van der Waals surface area contributed by atoms with Crippen LogP contribution in [0.2, 0.25) is 0 Å². The van der Waals surface area contributed by atoms with Gasteiger partial charge < -0.3 is 24.8 Å². The van der Waals surface area contributed by atoms with Crippen LogP contribution in [0, 0.1) is 5.41 Å². The SMILES string of the molecule is COc1cc(NC(=O)N(C)CC2(CO)CCOCC2)cc(C(F)(F)F)c1. The number of methoxy groups -OCH3 is 1. The minimum atomic E-state index is -4.55. The number of hydrogen-bond donors (Lipinski definition) is 2. The summed E-state index contributed by atoms with van der Waals surface area (Å²) in [6.07, 6.45) is -3.33. The van der Waals surface area contributed by atoms with Crippen LogP contribution < -0.4 is 10.1 Å². The normalized spacial score (nSPS) is 16.8. The van der Waals surface area contributed by atoms with Gasteiger partial charge in [0, 0.05) is 44.0 Å². The molecule has 0 saturated carbocycles. The van der Waals surface area contributed by atoms with Crippen molar-refractivity contribution in [1.82, 2.24) is 4.90 Å². The summed E-state index contributed by atoms with van der Waals surface area (Å²) in [5.41, 5.74) is -1.39. The molecule has 0 unspecified atom stereocenters. The highest BCUT2D eigenvalue weighted by atomic mass is 19.4. The summed E-state index contributed by atoms with van der Waals surface area (Å²) in [6.45, 7) is 1.18. The lowest BCUT2D eigenvalue weighted by molar-refractivity contribution is -0.137. The summed E-state index contributed by atoms with van der Waals surface area (Å²) < 4.78 is 49.1. The minimum absolute atomic E-state index is 0.00552. The van der Waals surface area contributed by atoms with E-state index in [0.29, 0.717) is 26.1 Å². The molecule has 1 aromatic rings. The summed E-state index contributed by atoms with van der Waals surface area (Å²) in [5.74, 6) is -0.00552. The molecule has 146 valence electrons. The van der Waals surface area contributed by atoms with Gasteiger partial charge in [-0.05, 0) is 25.0 Å². The van der Waals surface area contributed by atoms with Crippen molar-refractivity contribution in [1.29, 1.82) is 0 Å². The van der Waals surface area contributed by atoms with E-state index in [1.807, 2.05) is 0 Å². The largest absolute Gasteiger partial charge is 0.497 e. The Hall–Kier alpha value is -2.00. The number of carbonyl (C=O) groups excluding carboxylic acids is 1. The fourth-order valence-corrected chi connectivity index (χ4v) is 2.92. The Morgan fingerprint density at radius 3 is 2.54 bits per heavy atom. The molecule has 2 amide bonds. The van der Waals surface area contributed by atoms with Crippen LogP contribution in [0.25, 0.3) is 0 Å². The molecule has 1 aliphatic heterocycles. The molecular weight excluding hydrogens is 353 g/mol. The Balaban J connectivity index is 2.10.